The van der Waals surface area contributed by atoms with Crippen molar-refractivity contribution in [2.24, 2.45) is 0 Å². The molecule has 0 amide bonds. The van der Waals surface area contributed by atoms with E-state index in [0.717, 1.165) is 0 Å². The SMILES string of the molecule is [Br][Zr]([Br])[Br].[CH2-]C. The first kappa shape index (κ1) is 11.2. The molecule has 0 N–H and O–H groups in total. The van der Waals surface area contributed by atoms with E-state index >= 15 is 0 Å². The minimum atomic E-state index is -1.11. The molecule has 39 valence electrons. The molecule has 0 fully saturated rings. The van der Waals surface area contributed by atoms with Gasteiger partial charge < -0.3 is 6.92 Å². The molecule has 0 atom stereocenters. The summed E-state index contributed by atoms with van der Waals surface area (Å²) in [6, 6.07) is 0. The van der Waals surface area contributed by atoms with E-state index in [1.807, 2.05) is 0 Å². The molecule has 0 spiro atoms. The van der Waals surface area contributed by atoms with E-state index in [-0.39, 0.29) is 0 Å². The molecule has 0 aliphatic rings. The Kier molecular flexibility index (Phi) is 19.2. The summed E-state index contributed by atoms with van der Waals surface area (Å²) in [5.41, 5.74) is 0. The predicted octanol–water partition coefficient (Wildman–Crippen LogP) is 3.37. The van der Waals surface area contributed by atoms with E-state index in [1.54, 1.807) is 6.92 Å². The van der Waals surface area contributed by atoms with Gasteiger partial charge in [-0.05, 0) is 0 Å². The summed E-state index contributed by atoms with van der Waals surface area (Å²) in [6.07, 6.45) is 0. The molecule has 0 unspecified atom stereocenters. The molecule has 0 heterocycles. The monoisotopic (exact) mass is 356 g/mol. The minimum Gasteiger partial charge on any atom is -0.346 e. The van der Waals surface area contributed by atoms with Gasteiger partial charge in [-0.2, -0.15) is 6.92 Å². The van der Waals surface area contributed by atoms with Crippen LogP contribution in [0.15, 0.2) is 0 Å². The standard InChI is InChI=1S/C2H5.3BrH.Zr/c1-2;;;;/h1H2,2H3;3*1H;/q-1;;;;+3/p-3. The van der Waals surface area contributed by atoms with Crippen LogP contribution in [0.3, 0.4) is 0 Å². The minimum absolute atomic E-state index is 1.11. The zero-order valence-corrected chi connectivity index (χ0v) is 10.6. The zero-order valence-electron chi connectivity index (χ0n) is 3.34. The summed E-state index contributed by atoms with van der Waals surface area (Å²) in [4.78, 5) is 0. The fraction of sp³-hybridized carbons (Fsp3) is 0.500. The average molecular weight is 360 g/mol. The van der Waals surface area contributed by atoms with Crippen LogP contribution in [-0.4, -0.2) is 0 Å². The van der Waals surface area contributed by atoms with Gasteiger partial charge in [0.2, 0.25) is 0 Å². The van der Waals surface area contributed by atoms with Gasteiger partial charge in [-0.15, -0.1) is 0 Å². The molecule has 0 bridgehead atoms. The number of rotatable bonds is 0. The Hall–Kier alpha value is 2.32. The first-order valence-corrected chi connectivity index (χ1v) is 18.1. The molecule has 0 aliphatic carbocycles. The topological polar surface area (TPSA) is 0 Å². The fourth-order valence-electron chi connectivity index (χ4n) is 0. The Labute approximate surface area is 64.1 Å². The first-order chi connectivity index (χ1) is 2.73. The second-order valence-electron chi connectivity index (χ2n) is 0.214. The summed E-state index contributed by atoms with van der Waals surface area (Å²) in [7, 11) is 0. The molecule has 6 heavy (non-hydrogen) atoms. The second kappa shape index (κ2) is 10.3. The second-order valence-corrected chi connectivity index (χ2v) is 34.2. The maximum absolute atomic E-state index is 3.30. The van der Waals surface area contributed by atoms with Gasteiger partial charge >= 0.3 is 51.4 Å². The number of hydrogen-bond acceptors (Lipinski definition) is 0. The molecule has 0 aromatic carbocycles. The quantitative estimate of drug-likeness (QED) is 0.582. The Bertz CT molecular complexity index is 13.5. The first-order valence-electron chi connectivity index (χ1n) is 1.27. The Balaban J connectivity index is 0. The van der Waals surface area contributed by atoms with Crippen LogP contribution in [0.25, 0.3) is 0 Å². The zero-order chi connectivity index (χ0) is 5.58. The Morgan fingerprint density at radius 1 is 1.17 bits per heavy atom. The number of halogens is 3. The van der Waals surface area contributed by atoms with Crippen LogP contribution in [0.5, 0.6) is 0 Å². The molecular formula is C2H5Br3Zr-. The molecule has 0 radical (unpaired) electrons. The van der Waals surface area contributed by atoms with Crippen molar-refractivity contribution in [3.63, 3.8) is 0 Å². The van der Waals surface area contributed by atoms with Crippen molar-refractivity contribution in [3.8, 4) is 0 Å². The maximum atomic E-state index is 3.30. The van der Waals surface area contributed by atoms with E-state index in [2.05, 4.69) is 43.6 Å². The fourth-order valence-corrected chi connectivity index (χ4v) is 0. The summed E-state index contributed by atoms with van der Waals surface area (Å²) in [5.74, 6) is 0. The van der Waals surface area contributed by atoms with Crippen molar-refractivity contribution < 1.29 is 14.7 Å². The van der Waals surface area contributed by atoms with E-state index in [4.69, 9.17) is 0 Å². The molecule has 0 aromatic rings. The largest absolute Gasteiger partial charge is 0.346 e. The van der Waals surface area contributed by atoms with Crippen LogP contribution in [0.4, 0.5) is 0 Å². The van der Waals surface area contributed by atoms with Crippen molar-refractivity contribution in [2.45, 2.75) is 6.92 Å². The molecular weight excluding hydrogens is 355 g/mol. The smallest absolute Gasteiger partial charge is 0.194 e. The van der Waals surface area contributed by atoms with Gasteiger partial charge in [-0.3, -0.25) is 0 Å². The van der Waals surface area contributed by atoms with Gasteiger partial charge in [0.05, 0.1) is 0 Å². The summed E-state index contributed by atoms with van der Waals surface area (Å²) >= 11 is 8.80. The third-order valence-electron chi connectivity index (χ3n) is 0. The summed E-state index contributed by atoms with van der Waals surface area (Å²) in [5, 5.41) is 0. The van der Waals surface area contributed by atoms with Crippen molar-refractivity contribution in [2.75, 3.05) is 0 Å². The van der Waals surface area contributed by atoms with E-state index in [9.17, 15) is 0 Å². The van der Waals surface area contributed by atoms with E-state index < -0.39 is 14.7 Å². The van der Waals surface area contributed by atoms with Crippen molar-refractivity contribution in [3.05, 3.63) is 6.92 Å². The van der Waals surface area contributed by atoms with Gasteiger partial charge in [0.15, 0.2) is 0 Å². The Morgan fingerprint density at radius 3 is 1.17 bits per heavy atom. The molecule has 0 rings (SSSR count). The molecule has 0 saturated carbocycles. The van der Waals surface area contributed by atoms with Crippen molar-refractivity contribution >= 4 is 36.7 Å². The van der Waals surface area contributed by atoms with Crippen LogP contribution >= 0.6 is 36.7 Å². The van der Waals surface area contributed by atoms with Crippen molar-refractivity contribution in [1.82, 2.24) is 0 Å². The normalized spacial score (nSPS) is 5.50. The van der Waals surface area contributed by atoms with Crippen LogP contribution in [0.1, 0.15) is 6.92 Å². The van der Waals surface area contributed by atoms with Crippen LogP contribution < -0.4 is 0 Å². The third kappa shape index (κ3) is 33.2. The van der Waals surface area contributed by atoms with Gasteiger partial charge in [-0.25, -0.2) is 0 Å². The molecule has 0 nitrogen and oxygen atoms in total. The van der Waals surface area contributed by atoms with Crippen molar-refractivity contribution in [1.29, 1.82) is 0 Å². The summed E-state index contributed by atoms with van der Waals surface area (Å²) < 4.78 is 0. The van der Waals surface area contributed by atoms with Crippen LogP contribution in [-0.2, 0) is 14.7 Å². The third-order valence-corrected chi connectivity index (χ3v) is 0. The van der Waals surface area contributed by atoms with Gasteiger partial charge in [-0.1, -0.05) is 0 Å². The van der Waals surface area contributed by atoms with Crippen LogP contribution in [0.2, 0.25) is 0 Å². The maximum Gasteiger partial charge on any atom is -0.194 e. The van der Waals surface area contributed by atoms with Gasteiger partial charge in [0.25, 0.3) is 0 Å². The summed E-state index contributed by atoms with van der Waals surface area (Å²) in [6.45, 7) is 5.00. The van der Waals surface area contributed by atoms with E-state index in [1.165, 1.54) is 0 Å². The van der Waals surface area contributed by atoms with Crippen LogP contribution in [0, 0.1) is 6.92 Å². The van der Waals surface area contributed by atoms with E-state index in [0.29, 0.717) is 0 Å². The Morgan fingerprint density at radius 2 is 1.17 bits per heavy atom. The molecule has 4 heteroatoms. The van der Waals surface area contributed by atoms with Gasteiger partial charge in [0, 0.05) is 0 Å². The number of hydrogen-bond donors (Lipinski definition) is 0. The predicted molar refractivity (Wildman–Crippen MR) is 37.8 cm³/mol. The molecule has 0 aromatic heterocycles. The molecule has 0 saturated heterocycles. The van der Waals surface area contributed by atoms with Gasteiger partial charge in [0.1, 0.15) is 0 Å². The average Bonchev–Trinajstić information content (AvgIpc) is 1.41. The molecule has 0 aliphatic heterocycles.